The summed E-state index contributed by atoms with van der Waals surface area (Å²) >= 11 is 1.59. The molecule has 0 aliphatic carbocycles. The molecule has 0 saturated heterocycles. The van der Waals surface area contributed by atoms with E-state index >= 15 is 0 Å². The number of thiophene rings is 1. The maximum absolute atomic E-state index is 10.4. The summed E-state index contributed by atoms with van der Waals surface area (Å²) in [6, 6.07) is 4.27. The molecule has 90 valence electrons. The molecule has 1 aromatic heterocycles. The molecule has 1 aromatic rings. The third-order valence-electron chi connectivity index (χ3n) is 2.61. The number of aliphatic carboxylic acids is 1. The predicted octanol–water partition coefficient (Wildman–Crippen LogP) is 1.67. The summed E-state index contributed by atoms with van der Waals surface area (Å²) in [6.45, 7) is 2.68. The SMILES string of the molecule is CC(Cc1ccc(N)s1)N(C)CCC(=O)O. The molecule has 0 aromatic carbocycles. The number of nitrogen functional groups attached to an aromatic ring is 1. The van der Waals surface area contributed by atoms with Crippen LogP contribution in [0.3, 0.4) is 0 Å². The number of carboxylic acids is 1. The minimum Gasteiger partial charge on any atom is -0.481 e. The minimum absolute atomic E-state index is 0.188. The van der Waals surface area contributed by atoms with Crippen molar-refractivity contribution in [2.75, 3.05) is 19.3 Å². The lowest BCUT2D eigenvalue weighted by Gasteiger charge is -2.23. The Morgan fingerprint density at radius 3 is 2.81 bits per heavy atom. The Kier molecular flexibility index (Phi) is 4.76. The van der Waals surface area contributed by atoms with Crippen LogP contribution < -0.4 is 5.73 Å². The van der Waals surface area contributed by atoms with Gasteiger partial charge in [0.1, 0.15) is 0 Å². The van der Waals surface area contributed by atoms with E-state index in [-0.39, 0.29) is 6.42 Å². The molecule has 0 saturated carbocycles. The molecular weight excluding hydrogens is 224 g/mol. The summed E-state index contributed by atoms with van der Waals surface area (Å²) in [5.41, 5.74) is 5.66. The molecule has 3 N–H and O–H groups in total. The Hall–Kier alpha value is -1.07. The fraction of sp³-hybridized carbons (Fsp3) is 0.545. The standard InChI is InChI=1S/C11H18N2O2S/c1-8(13(2)6-5-11(14)15)7-9-3-4-10(12)16-9/h3-4,8H,5-7,12H2,1-2H3,(H,14,15). The number of hydrogen-bond acceptors (Lipinski definition) is 4. The van der Waals surface area contributed by atoms with Gasteiger partial charge in [-0.15, -0.1) is 11.3 Å². The van der Waals surface area contributed by atoms with Crippen molar-refractivity contribution in [3.8, 4) is 0 Å². The van der Waals surface area contributed by atoms with E-state index in [0.29, 0.717) is 12.6 Å². The number of anilines is 1. The monoisotopic (exact) mass is 242 g/mol. The second kappa shape index (κ2) is 5.86. The molecule has 4 nitrogen and oxygen atoms in total. The van der Waals surface area contributed by atoms with Crippen LogP contribution in [0.5, 0.6) is 0 Å². The first-order valence-corrected chi connectivity index (χ1v) is 6.07. The molecule has 1 unspecified atom stereocenters. The van der Waals surface area contributed by atoms with Crippen molar-refractivity contribution >= 4 is 22.3 Å². The van der Waals surface area contributed by atoms with Crippen molar-refractivity contribution in [3.05, 3.63) is 17.0 Å². The van der Waals surface area contributed by atoms with Gasteiger partial charge in [-0.2, -0.15) is 0 Å². The Labute approximate surface area is 99.7 Å². The molecule has 0 bridgehead atoms. The highest BCUT2D eigenvalue weighted by Crippen LogP contribution is 2.20. The Morgan fingerprint density at radius 2 is 2.31 bits per heavy atom. The summed E-state index contributed by atoms with van der Waals surface area (Å²) in [7, 11) is 1.95. The number of carboxylic acid groups (broad SMARTS) is 1. The van der Waals surface area contributed by atoms with Gasteiger partial charge in [0.15, 0.2) is 0 Å². The molecule has 1 atom stereocenters. The summed E-state index contributed by atoms with van der Waals surface area (Å²) in [5.74, 6) is -0.751. The molecule has 0 radical (unpaired) electrons. The number of nitrogens with zero attached hydrogens (tertiary/aromatic N) is 1. The summed E-state index contributed by atoms with van der Waals surface area (Å²) in [6.07, 6.45) is 1.10. The van der Waals surface area contributed by atoms with Gasteiger partial charge in [0.05, 0.1) is 11.4 Å². The number of likely N-dealkylation sites (N-methyl/N-ethyl adjacent to an activating group) is 1. The molecule has 1 rings (SSSR count). The van der Waals surface area contributed by atoms with Crippen LogP contribution >= 0.6 is 11.3 Å². The largest absolute Gasteiger partial charge is 0.481 e. The van der Waals surface area contributed by atoms with Gasteiger partial charge < -0.3 is 15.7 Å². The third kappa shape index (κ3) is 4.20. The summed E-state index contributed by atoms with van der Waals surface area (Å²) < 4.78 is 0. The quantitative estimate of drug-likeness (QED) is 0.796. The van der Waals surface area contributed by atoms with Gasteiger partial charge in [-0.1, -0.05) is 0 Å². The van der Waals surface area contributed by atoms with Gasteiger partial charge >= 0.3 is 5.97 Å². The van der Waals surface area contributed by atoms with E-state index in [0.717, 1.165) is 11.4 Å². The van der Waals surface area contributed by atoms with Crippen LogP contribution in [0.1, 0.15) is 18.2 Å². The predicted molar refractivity (Wildman–Crippen MR) is 66.8 cm³/mol. The van der Waals surface area contributed by atoms with Gasteiger partial charge in [-0.05, 0) is 32.5 Å². The van der Waals surface area contributed by atoms with E-state index in [2.05, 4.69) is 11.8 Å². The first-order chi connectivity index (χ1) is 7.49. The number of rotatable bonds is 6. The smallest absolute Gasteiger partial charge is 0.304 e. The van der Waals surface area contributed by atoms with Crippen molar-refractivity contribution in [1.29, 1.82) is 0 Å². The fourth-order valence-corrected chi connectivity index (χ4v) is 2.34. The molecular formula is C11H18N2O2S. The van der Waals surface area contributed by atoms with Gasteiger partial charge in [0.2, 0.25) is 0 Å². The van der Waals surface area contributed by atoms with E-state index in [1.165, 1.54) is 4.88 Å². The van der Waals surface area contributed by atoms with Gasteiger partial charge in [0.25, 0.3) is 0 Å². The second-order valence-electron chi connectivity index (χ2n) is 3.98. The molecule has 16 heavy (non-hydrogen) atoms. The highest BCUT2D eigenvalue weighted by atomic mass is 32.1. The van der Waals surface area contributed by atoms with Crippen LogP contribution in [0.15, 0.2) is 12.1 Å². The average molecular weight is 242 g/mol. The molecule has 0 aliphatic heterocycles. The normalized spacial score (nSPS) is 12.9. The van der Waals surface area contributed by atoms with E-state index in [1.54, 1.807) is 11.3 Å². The van der Waals surface area contributed by atoms with E-state index in [4.69, 9.17) is 10.8 Å². The molecule has 1 heterocycles. The Bertz CT molecular complexity index is 352. The summed E-state index contributed by atoms with van der Waals surface area (Å²) in [5, 5.41) is 9.43. The lowest BCUT2D eigenvalue weighted by Crippen LogP contribution is -2.32. The van der Waals surface area contributed by atoms with Crippen LogP contribution in [0.25, 0.3) is 0 Å². The topological polar surface area (TPSA) is 66.6 Å². The van der Waals surface area contributed by atoms with Crippen molar-refractivity contribution in [2.45, 2.75) is 25.8 Å². The second-order valence-corrected chi connectivity index (χ2v) is 5.18. The molecule has 0 spiro atoms. The van der Waals surface area contributed by atoms with E-state index in [9.17, 15) is 4.79 Å². The molecule has 0 amide bonds. The highest BCUT2D eigenvalue weighted by molar-refractivity contribution is 7.15. The average Bonchev–Trinajstić information content (AvgIpc) is 2.60. The van der Waals surface area contributed by atoms with Gasteiger partial charge in [-0.25, -0.2) is 0 Å². The van der Waals surface area contributed by atoms with E-state index in [1.807, 2.05) is 19.2 Å². The third-order valence-corrected chi connectivity index (χ3v) is 3.55. The molecule has 5 heteroatoms. The lowest BCUT2D eigenvalue weighted by atomic mass is 10.2. The maximum atomic E-state index is 10.4. The van der Waals surface area contributed by atoms with Crippen LogP contribution in [-0.4, -0.2) is 35.6 Å². The fourth-order valence-electron chi connectivity index (χ4n) is 1.44. The van der Waals surface area contributed by atoms with E-state index < -0.39 is 5.97 Å². The van der Waals surface area contributed by atoms with Crippen LogP contribution in [0.4, 0.5) is 5.00 Å². The van der Waals surface area contributed by atoms with Gasteiger partial charge in [-0.3, -0.25) is 4.79 Å². The van der Waals surface area contributed by atoms with Crippen LogP contribution in [-0.2, 0) is 11.2 Å². The molecule has 0 fully saturated rings. The zero-order valence-electron chi connectivity index (χ0n) is 9.64. The number of carbonyl (C=O) groups is 1. The first kappa shape index (κ1) is 13.0. The zero-order chi connectivity index (χ0) is 12.1. The van der Waals surface area contributed by atoms with Crippen LogP contribution in [0.2, 0.25) is 0 Å². The highest BCUT2D eigenvalue weighted by Gasteiger charge is 2.12. The van der Waals surface area contributed by atoms with Crippen molar-refractivity contribution in [3.63, 3.8) is 0 Å². The lowest BCUT2D eigenvalue weighted by molar-refractivity contribution is -0.137. The van der Waals surface area contributed by atoms with Gasteiger partial charge in [0, 0.05) is 17.5 Å². The Morgan fingerprint density at radius 1 is 1.62 bits per heavy atom. The summed E-state index contributed by atoms with van der Waals surface area (Å²) in [4.78, 5) is 13.7. The minimum atomic E-state index is -0.751. The van der Waals surface area contributed by atoms with Crippen LogP contribution in [0, 0.1) is 0 Å². The van der Waals surface area contributed by atoms with Crippen molar-refractivity contribution in [2.24, 2.45) is 0 Å². The molecule has 0 aliphatic rings. The maximum Gasteiger partial charge on any atom is 0.304 e. The van der Waals surface area contributed by atoms with Crippen molar-refractivity contribution < 1.29 is 9.90 Å². The van der Waals surface area contributed by atoms with Crippen molar-refractivity contribution in [1.82, 2.24) is 4.90 Å². The first-order valence-electron chi connectivity index (χ1n) is 5.25. The Balaban J connectivity index is 2.39. The number of nitrogens with two attached hydrogens (primary N) is 1. The zero-order valence-corrected chi connectivity index (χ0v) is 10.5. The number of hydrogen-bond donors (Lipinski definition) is 2.